The van der Waals surface area contributed by atoms with Crippen LogP contribution in [0.5, 0.6) is 0 Å². The Morgan fingerprint density at radius 2 is 1.70 bits per heavy atom. The Kier molecular flexibility index (Phi) is 6.67. The average Bonchev–Trinajstić information content (AvgIpc) is 2.60. The molecule has 2 aromatic rings. The van der Waals surface area contributed by atoms with Gasteiger partial charge in [0, 0.05) is 31.5 Å². The lowest BCUT2D eigenvalue weighted by Gasteiger charge is -2.25. The molecule has 146 valence electrons. The molecule has 0 unspecified atom stereocenters. The normalized spacial score (nSPS) is 11.6. The van der Waals surface area contributed by atoms with Gasteiger partial charge in [0.15, 0.2) is 21.5 Å². The molecule has 0 radical (unpaired) electrons. The molecule has 0 fully saturated rings. The smallest absolute Gasteiger partial charge is 0.254 e. The second-order valence-electron chi connectivity index (χ2n) is 6.58. The molecule has 0 aliphatic rings. The summed E-state index contributed by atoms with van der Waals surface area (Å²) in [6.45, 7) is 0.974. The van der Waals surface area contributed by atoms with Crippen molar-refractivity contribution in [3.8, 4) is 0 Å². The van der Waals surface area contributed by atoms with E-state index >= 15 is 0 Å². The van der Waals surface area contributed by atoms with Crippen LogP contribution in [-0.4, -0.2) is 57.6 Å². The lowest BCUT2D eigenvalue weighted by atomic mass is 10.1. The van der Waals surface area contributed by atoms with Crippen LogP contribution in [0.25, 0.3) is 0 Å². The fourth-order valence-electron chi connectivity index (χ4n) is 2.47. The van der Waals surface area contributed by atoms with Gasteiger partial charge in [-0.2, -0.15) is 0 Å². The maximum absolute atomic E-state index is 13.5. The van der Waals surface area contributed by atoms with E-state index in [1.54, 1.807) is 0 Å². The lowest BCUT2D eigenvalue weighted by Crippen LogP contribution is -2.36. The molecule has 1 amide bonds. The second kappa shape index (κ2) is 8.58. The standard InChI is InChI=1S/C19H22F2N2O3S/c1-22(2)9-10-23(13-14-7-8-17(20)18(21)11-14)19(24)15-5-4-6-16(12-15)27(3,25)26/h4-8,11-12H,9-10,13H2,1-3H3. The van der Waals surface area contributed by atoms with Gasteiger partial charge in [0.05, 0.1) is 4.90 Å². The first-order valence-electron chi connectivity index (χ1n) is 8.26. The van der Waals surface area contributed by atoms with Crippen LogP contribution in [0.4, 0.5) is 8.78 Å². The Labute approximate surface area is 158 Å². The quantitative estimate of drug-likeness (QED) is 0.722. The Bertz CT molecular complexity index is 930. The van der Waals surface area contributed by atoms with Crippen LogP contribution in [0.1, 0.15) is 15.9 Å². The van der Waals surface area contributed by atoms with Crippen molar-refractivity contribution >= 4 is 15.7 Å². The predicted molar refractivity (Wildman–Crippen MR) is 99.2 cm³/mol. The second-order valence-corrected chi connectivity index (χ2v) is 8.59. The van der Waals surface area contributed by atoms with Crippen molar-refractivity contribution in [1.82, 2.24) is 9.80 Å². The molecule has 0 atom stereocenters. The number of sulfone groups is 1. The molecular weight excluding hydrogens is 374 g/mol. The van der Waals surface area contributed by atoms with E-state index in [1.165, 1.54) is 35.2 Å². The minimum absolute atomic E-state index is 0.0498. The fraction of sp³-hybridized carbons (Fsp3) is 0.316. The Hall–Kier alpha value is -2.32. The minimum Gasteiger partial charge on any atom is -0.333 e. The zero-order valence-electron chi connectivity index (χ0n) is 15.4. The Morgan fingerprint density at radius 1 is 1.00 bits per heavy atom. The summed E-state index contributed by atoms with van der Waals surface area (Å²) in [6.07, 6.45) is 1.07. The van der Waals surface area contributed by atoms with Gasteiger partial charge in [-0.05, 0) is 50.0 Å². The molecule has 0 heterocycles. The van der Waals surface area contributed by atoms with E-state index in [1.807, 2.05) is 19.0 Å². The topological polar surface area (TPSA) is 57.7 Å². The van der Waals surface area contributed by atoms with Crippen molar-refractivity contribution in [1.29, 1.82) is 0 Å². The fourth-order valence-corrected chi connectivity index (χ4v) is 3.14. The number of hydrogen-bond donors (Lipinski definition) is 0. The molecule has 0 bridgehead atoms. The van der Waals surface area contributed by atoms with Gasteiger partial charge in [-0.1, -0.05) is 12.1 Å². The van der Waals surface area contributed by atoms with E-state index in [-0.39, 0.29) is 22.9 Å². The molecule has 2 aromatic carbocycles. The predicted octanol–water partition coefficient (Wildman–Crippen LogP) is 2.57. The average molecular weight is 396 g/mol. The van der Waals surface area contributed by atoms with Gasteiger partial charge in [0.1, 0.15) is 0 Å². The Balaban J connectivity index is 2.32. The molecule has 0 saturated carbocycles. The molecule has 0 N–H and O–H groups in total. The summed E-state index contributed by atoms with van der Waals surface area (Å²) >= 11 is 0. The molecule has 5 nitrogen and oxygen atoms in total. The minimum atomic E-state index is -3.45. The summed E-state index contributed by atoms with van der Waals surface area (Å²) in [7, 11) is 0.254. The largest absolute Gasteiger partial charge is 0.333 e. The number of rotatable bonds is 7. The summed E-state index contributed by atoms with van der Waals surface area (Å²) in [6, 6.07) is 9.27. The highest BCUT2D eigenvalue weighted by Gasteiger charge is 2.19. The maximum Gasteiger partial charge on any atom is 0.254 e. The van der Waals surface area contributed by atoms with Gasteiger partial charge >= 0.3 is 0 Å². The van der Waals surface area contributed by atoms with Crippen molar-refractivity contribution in [2.45, 2.75) is 11.4 Å². The van der Waals surface area contributed by atoms with Gasteiger partial charge in [-0.15, -0.1) is 0 Å². The Morgan fingerprint density at radius 3 is 2.30 bits per heavy atom. The molecule has 8 heteroatoms. The SMILES string of the molecule is CN(C)CCN(Cc1ccc(F)c(F)c1)C(=O)c1cccc(S(C)(=O)=O)c1. The third-order valence-electron chi connectivity index (χ3n) is 3.97. The van der Waals surface area contributed by atoms with Crippen LogP contribution in [0, 0.1) is 11.6 Å². The molecule has 0 aliphatic carbocycles. The monoisotopic (exact) mass is 396 g/mol. The third kappa shape index (κ3) is 5.83. The molecule has 27 heavy (non-hydrogen) atoms. The van der Waals surface area contributed by atoms with Gasteiger partial charge in [0.2, 0.25) is 0 Å². The first-order valence-corrected chi connectivity index (χ1v) is 10.1. The lowest BCUT2D eigenvalue weighted by molar-refractivity contribution is 0.0731. The van der Waals surface area contributed by atoms with E-state index in [4.69, 9.17) is 0 Å². The molecule has 2 rings (SSSR count). The zero-order chi connectivity index (χ0) is 20.2. The molecule has 0 saturated heterocycles. The van der Waals surface area contributed by atoms with Crippen LogP contribution in [0.3, 0.4) is 0 Å². The van der Waals surface area contributed by atoms with Crippen molar-refractivity contribution in [2.75, 3.05) is 33.4 Å². The maximum atomic E-state index is 13.5. The van der Waals surface area contributed by atoms with Gasteiger partial charge in [0.25, 0.3) is 5.91 Å². The molecule has 0 aliphatic heterocycles. The number of hydrogen-bond acceptors (Lipinski definition) is 4. The number of likely N-dealkylation sites (N-methyl/N-ethyl adjacent to an activating group) is 1. The van der Waals surface area contributed by atoms with E-state index < -0.39 is 21.5 Å². The van der Waals surface area contributed by atoms with Crippen LogP contribution in [0.15, 0.2) is 47.4 Å². The van der Waals surface area contributed by atoms with Crippen LogP contribution < -0.4 is 0 Å². The number of benzene rings is 2. The van der Waals surface area contributed by atoms with Crippen LogP contribution in [0.2, 0.25) is 0 Å². The number of amides is 1. The van der Waals surface area contributed by atoms with E-state index in [9.17, 15) is 22.0 Å². The van der Waals surface area contributed by atoms with Crippen molar-refractivity contribution in [3.05, 3.63) is 65.2 Å². The number of nitrogens with zero attached hydrogens (tertiary/aromatic N) is 2. The summed E-state index contributed by atoms with van der Waals surface area (Å²) in [5.74, 6) is -2.32. The van der Waals surface area contributed by atoms with Crippen molar-refractivity contribution in [3.63, 3.8) is 0 Å². The van der Waals surface area contributed by atoms with Crippen molar-refractivity contribution < 1.29 is 22.0 Å². The van der Waals surface area contributed by atoms with E-state index in [0.29, 0.717) is 18.7 Å². The first kappa shape index (κ1) is 21.0. The number of carbonyl (C=O) groups excluding carboxylic acids is 1. The van der Waals surface area contributed by atoms with Crippen LogP contribution in [-0.2, 0) is 16.4 Å². The highest BCUT2D eigenvalue weighted by molar-refractivity contribution is 7.90. The summed E-state index contributed by atoms with van der Waals surface area (Å²) in [5.41, 5.74) is 0.666. The van der Waals surface area contributed by atoms with Crippen LogP contribution >= 0.6 is 0 Å². The molecule has 0 spiro atoms. The van der Waals surface area contributed by atoms with E-state index in [0.717, 1.165) is 18.4 Å². The van der Waals surface area contributed by atoms with Gasteiger partial charge < -0.3 is 9.80 Å². The summed E-state index contributed by atoms with van der Waals surface area (Å²) in [5, 5.41) is 0. The van der Waals surface area contributed by atoms with Gasteiger partial charge in [-0.3, -0.25) is 4.79 Å². The highest BCUT2D eigenvalue weighted by Crippen LogP contribution is 2.16. The molecular formula is C19H22F2N2O3S. The van der Waals surface area contributed by atoms with E-state index in [2.05, 4.69) is 0 Å². The number of carbonyl (C=O) groups is 1. The summed E-state index contributed by atoms with van der Waals surface area (Å²) in [4.78, 5) is 16.4. The molecule has 0 aromatic heterocycles. The zero-order valence-corrected chi connectivity index (χ0v) is 16.3. The van der Waals surface area contributed by atoms with Gasteiger partial charge in [-0.25, -0.2) is 17.2 Å². The highest BCUT2D eigenvalue weighted by atomic mass is 32.2. The number of halogens is 2. The third-order valence-corrected chi connectivity index (χ3v) is 5.08. The summed E-state index contributed by atoms with van der Waals surface area (Å²) < 4.78 is 50.1. The first-order chi connectivity index (χ1) is 12.6. The van der Waals surface area contributed by atoms with Crippen molar-refractivity contribution in [2.24, 2.45) is 0 Å².